The molecule has 1 aliphatic heterocycles. The summed E-state index contributed by atoms with van der Waals surface area (Å²) in [5, 5.41) is 9.49. The molecule has 1 aliphatic rings. The molecule has 2 amide bonds. The second kappa shape index (κ2) is 7.22. The number of urea groups is 1. The van der Waals surface area contributed by atoms with E-state index in [4.69, 9.17) is 4.52 Å². The summed E-state index contributed by atoms with van der Waals surface area (Å²) in [7, 11) is 0. The van der Waals surface area contributed by atoms with E-state index in [1.54, 1.807) is 13.8 Å². The molecular weight excluding hydrogens is 344 g/mol. The van der Waals surface area contributed by atoms with Crippen LogP contribution in [-0.2, 0) is 13.0 Å². The Hall–Kier alpha value is -3.16. The van der Waals surface area contributed by atoms with Crippen molar-refractivity contribution < 1.29 is 9.32 Å². The average Bonchev–Trinajstić information content (AvgIpc) is 3.28. The van der Waals surface area contributed by atoms with Gasteiger partial charge in [0.25, 0.3) is 0 Å². The molecule has 8 nitrogen and oxygen atoms in total. The smallest absolute Gasteiger partial charge is 0.319 e. The summed E-state index contributed by atoms with van der Waals surface area (Å²) < 4.78 is 7.35. The molecule has 4 rings (SSSR count). The van der Waals surface area contributed by atoms with Gasteiger partial charge >= 0.3 is 6.03 Å². The Morgan fingerprint density at radius 1 is 1.30 bits per heavy atom. The molecule has 0 saturated heterocycles. The highest BCUT2D eigenvalue weighted by Gasteiger charge is 2.19. The molecule has 0 radical (unpaired) electrons. The van der Waals surface area contributed by atoms with E-state index in [0.29, 0.717) is 17.4 Å². The second-order valence-corrected chi connectivity index (χ2v) is 6.73. The van der Waals surface area contributed by atoms with Gasteiger partial charge in [-0.1, -0.05) is 17.3 Å². The van der Waals surface area contributed by atoms with Crippen LogP contribution in [0.25, 0.3) is 11.4 Å². The van der Waals surface area contributed by atoms with Crippen LogP contribution in [-0.4, -0.2) is 25.7 Å². The number of anilines is 1. The molecule has 1 aromatic carbocycles. The number of carbonyl (C=O) groups excluding carboxylic acids is 1. The normalized spacial score (nSPS) is 14.4. The molecule has 0 aliphatic carbocycles. The van der Waals surface area contributed by atoms with Crippen LogP contribution < -0.4 is 10.6 Å². The number of aromatic nitrogens is 4. The number of nitrogens with one attached hydrogen (secondary N) is 2. The van der Waals surface area contributed by atoms with E-state index in [1.165, 1.54) is 12.1 Å². The highest BCUT2D eigenvalue weighted by Crippen LogP contribution is 2.30. The number of nitrogens with zero attached hydrogens (tertiary/aromatic N) is 4. The predicted octanol–water partition coefficient (Wildman–Crippen LogP) is 3.46. The lowest BCUT2D eigenvalue weighted by Gasteiger charge is -2.18. The van der Waals surface area contributed by atoms with E-state index in [-0.39, 0.29) is 6.03 Å². The Kier molecular flexibility index (Phi) is 4.62. The fourth-order valence-electron chi connectivity index (χ4n) is 3.34. The number of para-hydroxylation sites is 1. The molecular formula is C19H22N6O2. The molecule has 27 heavy (non-hydrogen) atoms. The number of benzene rings is 1. The van der Waals surface area contributed by atoms with Gasteiger partial charge in [-0.05, 0) is 45.2 Å². The van der Waals surface area contributed by atoms with Gasteiger partial charge in [-0.25, -0.2) is 9.78 Å². The predicted molar refractivity (Wildman–Crippen MR) is 100 cm³/mol. The maximum atomic E-state index is 12.5. The molecule has 8 heteroatoms. The number of carbonyl (C=O) groups is 1. The van der Waals surface area contributed by atoms with Crippen molar-refractivity contribution in [2.75, 3.05) is 5.32 Å². The first-order chi connectivity index (χ1) is 13.1. The number of hydrogen-bond donors (Lipinski definition) is 2. The SMILES string of the molecule is Cc1noc(C(C)NC(=O)Nc2ccccc2-c2ncc3n2CCCC3)n1. The van der Waals surface area contributed by atoms with Crippen LogP contribution in [0.1, 0.15) is 43.2 Å². The van der Waals surface area contributed by atoms with E-state index in [0.717, 1.165) is 30.8 Å². The average molecular weight is 366 g/mol. The Morgan fingerprint density at radius 2 is 2.15 bits per heavy atom. The molecule has 140 valence electrons. The molecule has 2 N–H and O–H groups in total. The van der Waals surface area contributed by atoms with Gasteiger partial charge in [0.2, 0.25) is 5.89 Å². The fraction of sp³-hybridized carbons (Fsp3) is 0.368. The third-order valence-corrected chi connectivity index (χ3v) is 4.68. The third kappa shape index (κ3) is 3.55. The zero-order valence-electron chi connectivity index (χ0n) is 15.4. The minimum absolute atomic E-state index is 0.337. The Balaban J connectivity index is 1.53. The van der Waals surface area contributed by atoms with Gasteiger partial charge in [0, 0.05) is 24.0 Å². The lowest BCUT2D eigenvalue weighted by Crippen LogP contribution is -2.31. The van der Waals surface area contributed by atoms with Crippen LogP contribution in [0.4, 0.5) is 10.5 Å². The van der Waals surface area contributed by atoms with Gasteiger partial charge in [-0.3, -0.25) is 0 Å². The van der Waals surface area contributed by atoms with Crippen molar-refractivity contribution in [1.82, 2.24) is 25.0 Å². The van der Waals surface area contributed by atoms with Crippen molar-refractivity contribution in [2.24, 2.45) is 0 Å². The van der Waals surface area contributed by atoms with Gasteiger partial charge in [0.05, 0.1) is 5.69 Å². The molecule has 1 atom stereocenters. The van der Waals surface area contributed by atoms with Gasteiger partial charge in [-0.2, -0.15) is 4.98 Å². The van der Waals surface area contributed by atoms with Crippen molar-refractivity contribution in [3.05, 3.63) is 47.9 Å². The summed E-state index contributed by atoms with van der Waals surface area (Å²) in [6, 6.07) is 6.97. The van der Waals surface area contributed by atoms with Gasteiger partial charge in [0.15, 0.2) is 5.82 Å². The molecule has 0 bridgehead atoms. The van der Waals surface area contributed by atoms with Gasteiger partial charge < -0.3 is 19.7 Å². The van der Waals surface area contributed by atoms with Crippen LogP contribution >= 0.6 is 0 Å². The number of imidazole rings is 1. The van der Waals surface area contributed by atoms with E-state index in [9.17, 15) is 4.79 Å². The molecule has 3 aromatic rings. The zero-order chi connectivity index (χ0) is 18.8. The van der Waals surface area contributed by atoms with Crippen LogP contribution in [0.3, 0.4) is 0 Å². The largest absolute Gasteiger partial charge is 0.337 e. The summed E-state index contributed by atoms with van der Waals surface area (Å²) >= 11 is 0. The van der Waals surface area contributed by atoms with Crippen molar-refractivity contribution >= 4 is 11.7 Å². The molecule has 1 unspecified atom stereocenters. The summed E-state index contributed by atoms with van der Waals surface area (Å²) in [5.41, 5.74) is 2.86. The summed E-state index contributed by atoms with van der Waals surface area (Å²) in [4.78, 5) is 21.2. The molecule has 0 spiro atoms. The quantitative estimate of drug-likeness (QED) is 0.737. The minimum Gasteiger partial charge on any atom is -0.337 e. The van der Waals surface area contributed by atoms with E-state index in [1.807, 2.05) is 30.5 Å². The lowest BCUT2D eigenvalue weighted by atomic mass is 10.1. The van der Waals surface area contributed by atoms with E-state index in [2.05, 4.69) is 30.3 Å². The number of rotatable bonds is 4. The standard InChI is InChI=1S/C19H22N6O2/c1-12(18-22-13(2)24-27-18)21-19(26)23-16-9-4-3-8-15(16)17-20-11-14-7-5-6-10-25(14)17/h3-4,8-9,11-12H,5-7,10H2,1-2H3,(H2,21,23,26). The van der Waals surface area contributed by atoms with Crippen LogP contribution in [0.15, 0.2) is 35.0 Å². The monoisotopic (exact) mass is 366 g/mol. The summed E-state index contributed by atoms with van der Waals surface area (Å²) in [5.74, 6) is 1.80. The number of amides is 2. The molecule has 2 aromatic heterocycles. The second-order valence-electron chi connectivity index (χ2n) is 6.73. The number of fused-ring (bicyclic) bond motifs is 1. The van der Waals surface area contributed by atoms with Crippen molar-refractivity contribution in [3.63, 3.8) is 0 Å². The van der Waals surface area contributed by atoms with E-state index >= 15 is 0 Å². The molecule has 0 fully saturated rings. The number of aryl methyl sites for hydroxylation is 2. The first-order valence-electron chi connectivity index (χ1n) is 9.13. The van der Waals surface area contributed by atoms with Crippen molar-refractivity contribution in [3.8, 4) is 11.4 Å². The van der Waals surface area contributed by atoms with Crippen molar-refractivity contribution in [2.45, 2.75) is 45.7 Å². The minimum atomic E-state index is -0.391. The van der Waals surface area contributed by atoms with Gasteiger partial charge in [0.1, 0.15) is 11.9 Å². The van der Waals surface area contributed by atoms with Gasteiger partial charge in [-0.15, -0.1) is 0 Å². The molecule has 3 heterocycles. The van der Waals surface area contributed by atoms with E-state index < -0.39 is 6.04 Å². The van der Waals surface area contributed by atoms with Crippen LogP contribution in [0, 0.1) is 6.92 Å². The first kappa shape index (κ1) is 17.3. The lowest BCUT2D eigenvalue weighted by molar-refractivity contribution is 0.245. The Bertz CT molecular complexity index is 961. The first-order valence-corrected chi connectivity index (χ1v) is 9.13. The highest BCUT2D eigenvalue weighted by molar-refractivity contribution is 5.93. The van der Waals surface area contributed by atoms with Crippen molar-refractivity contribution in [1.29, 1.82) is 0 Å². The zero-order valence-corrected chi connectivity index (χ0v) is 15.4. The maximum absolute atomic E-state index is 12.5. The Labute approximate surface area is 157 Å². The molecule has 0 saturated carbocycles. The topological polar surface area (TPSA) is 97.9 Å². The third-order valence-electron chi connectivity index (χ3n) is 4.68. The maximum Gasteiger partial charge on any atom is 0.319 e. The highest BCUT2D eigenvalue weighted by atomic mass is 16.5. The van der Waals surface area contributed by atoms with Crippen LogP contribution in [0.5, 0.6) is 0 Å². The number of hydrogen-bond acceptors (Lipinski definition) is 5. The Morgan fingerprint density at radius 3 is 2.96 bits per heavy atom. The summed E-state index contributed by atoms with van der Waals surface area (Å²) in [6.45, 7) is 4.49. The fourth-order valence-corrected chi connectivity index (χ4v) is 3.34. The van der Waals surface area contributed by atoms with Crippen LogP contribution in [0.2, 0.25) is 0 Å². The summed E-state index contributed by atoms with van der Waals surface area (Å²) in [6.07, 6.45) is 5.32.